The number of fused-ring (bicyclic) bond motifs is 1. The van der Waals surface area contributed by atoms with Gasteiger partial charge in [0.2, 0.25) is 0 Å². The van der Waals surface area contributed by atoms with Gasteiger partial charge in [0.1, 0.15) is 0 Å². The molecule has 1 aliphatic rings. The summed E-state index contributed by atoms with van der Waals surface area (Å²) < 4.78 is 1.93. The van der Waals surface area contributed by atoms with Crippen molar-refractivity contribution in [1.82, 2.24) is 14.7 Å². The van der Waals surface area contributed by atoms with Crippen LogP contribution in [0, 0.1) is 16.0 Å². The number of aromatic nitrogens is 2. The van der Waals surface area contributed by atoms with Gasteiger partial charge in [0, 0.05) is 24.1 Å². The van der Waals surface area contributed by atoms with Crippen LogP contribution in [0.1, 0.15) is 19.8 Å². The summed E-state index contributed by atoms with van der Waals surface area (Å²) in [4.78, 5) is 12.8. The summed E-state index contributed by atoms with van der Waals surface area (Å²) in [7, 11) is 0. The Bertz CT molecular complexity index is 637. The van der Waals surface area contributed by atoms with E-state index in [0.717, 1.165) is 36.6 Å². The fraction of sp³-hybridized carbons (Fsp3) is 0.500. The molecule has 1 fully saturated rings. The molecule has 3 rings (SSSR count). The van der Waals surface area contributed by atoms with Gasteiger partial charge in [-0.15, -0.1) is 0 Å². The molecule has 1 aromatic carbocycles. The van der Waals surface area contributed by atoms with Crippen LogP contribution in [0.5, 0.6) is 0 Å². The van der Waals surface area contributed by atoms with E-state index in [1.54, 1.807) is 24.4 Å². The van der Waals surface area contributed by atoms with Gasteiger partial charge in [-0.1, -0.05) is 6.92 Å². The van der Waals surface area contributed by atoms with Crippen LogP contribution in [-0.4, -0.2) is 32.7 Å². The molecule has 106 valence electrons. The molecule has 2 heterocycles. The van der Waals surface area contributed by atoms with Crippen molar-refractivity contribution in [3.63, 3.8) is 0 Å². The van der Waals surface area contributed by atoms with E-state index < -0.39 is 0 Å². The summed E-state index contributed by atoms with van der Waals surface area (Å²) in [5.41, 5.74) is 1.07. The highest BCUT2D eigenvalue weighted by Crippen LogP contribution is 2.22. The molecule has 6 nitrogen and oxygen atoms in total. The maximum Gasteiger partial charge on any atom is 0.270 e. The maximum absolute atomic E-state index is 10.8. The molecule has 1 unspecified atom stereocenters. The van der Waals surface area contributed by atoms with Gasteiger partial charge in [0.05, 0.1) is 23.3 Å². The van der Waals surface area contributed by atoms with Crippen molar-refractivity contribution in [1.29, 1.82) is 0 Å². The molecule has 1 aliphatic heterocycles. The molecule has 0 aliphatic carbocycles. The molecule has 0 radical (unpaired) electrons. The highest BCUT2D eigenvalue weighted by Gasteiger charge is 2.17. The minimum Gasteiger partial charge on any atom is -0.284 e. The average molecular weight is 274 g/mol. The first-order valence-corrected chi connectivity index (χ1v) is 6.96. The summed E-state index contributed by atoms with van der Waals surface area (Å²) in [6, 6.07) is 4.91. The van der Waals surface area contributed by atoms with Crippen LogP contribution in [0.2, 0.25) is 0 Å². The van der Waals surface area contributed by atoms with Gasteiger partial charge in [0.15, 0.2) is 0 Å². The number of nitro groups is 1. The molecule has 0 amide bonds. The monoisotopic (exact) mass is 274 g/mol. The number of hydrogen-bond donors (Lipinski definition) is 0. The SMILES string of the molecule is CC1CCCN(Cn2ncc3cc([N+](=O)[O-])ccc32)C1. The van der Waals surface area contributed by atoms with E-state index in [0.29, 0.717) is 0 Å². The first kappa shape index (κ1) is 13.1. The van der Waals surface area contributed by atoms with Crippen LogP contribution in [0.4, 0.5) is 5.69 Å². The second-order valence-corrected chi connectivity index (χ2v) is 5.61. The lowest BCUT2D eigenvalue weighted by molar-refractivity contribution is -0.384. The average Bonchev–Trinajstić information content (AvgIpc) is 2.81. The van der Waals surface area contributed by atoms with E-state index in [2.05, 4.69) is 16.9 Å². The van der Waals surface area contributed by atoms with E-state index in [1.807, 2.05) is 4.68 Å². The van der Waals surface area contributed by atoms with E-state index in [-0.39, 0.29) is 10.6 Å². The van der Waals surface area contributed by atoms with Gasteiger partial charge >= 0.3 is 0 Å². The normalized spacial score (nSPS) is 20.4. The quantitative estimate of drug-likeness (QED) is 0.637. The van der Waals surface area contributed by atoms with Crippen LogP contribution < -0.4 is 0 Å². The number of rotatable bonds is 3. The fourth-order valence-electron chi connectivity index (χ4n) is 2.91. The molecule has 20 heavy (non-hydrogen) atoms. The van der Waals surface area contributed by atoms with E-state index in [1.165, 1.54) is 12.8 Å². The molecule has 0 N–H and O–H groups in total. The summed E-state index contributed by atoms with van der Waals surface area (Å²) in [5.74, 6) is 0.728. The lowest BCUT2D eigenvalue weighted by Gasteiger charge is -2.30. The Balaban J connectivity index is 1.83. The van der Waals surface area contributed by atoms with Crippen molar-refractivity contribution >= 4 is 16.6 Å². The summed E-state index contributed by atoms with van der Waals surface area (Å²) in [6.45, 7) is 5.22. The Morgan fingerprint density at radius 3 is 3.10 bits per heavy atom. The molecule has 2 aromatic rings. The zero-order valence-corrected chi connectivity index (χ0v) is 11.5. The number of likely N-dealkylation sites (tertiary alicyclic amines) is 1. The Labute approximate surface area is 117 Å². The lowest BCUT2D eigenvalue weighted by atomic mass is 10.0. The predicted molar refractivity (Wildman–Crippen MR) is 76.4 cm³/mol. The molecule has 1 saturated heterocycles. The van der Waals surface area contributed by atoms with Crippen LogP contribution in [0.25, 0.3) is 10.9 Å². The fourth-order valence-corrected chi connectivity index (χ4v) is 2.91. The summed E-state index contributed by atoms with van der Waals surface area (Å²) in [5, 5.41) is 16.0. The predicted octanol–water partition coefficient (Wildman–Crippen LogP) is 2.63. The minimum absolute atomic E-state index is 0.114. The molecule has 0 bridgehead atoms. The molecule has 1 aromatic heterocycles. The largest absolute Gasteiger partial charge is 0.284 e. The van der Waals surface area contributed by atoms with Crippen LogP contribution in [0.15, 0.2) is 24.4 Å². The number of piperidine rings is 1. The molecule has 6 heteroatoms. The van der Waals surface area contributed by atoms with Crippen LogP contribution in [0.3, 0.4) is 0 Å². The zero-order valence-electron chi connectivity index (χ0n) is 11.5. The van der Waals surface area contributed by atoms with Gasteiger partial charge in [-0.3, -0.25) is 19.7 Å². The maximum atomic E-state index is 10.8. The summed E-state index contributed by atoms with van der Waals surface area (Å²) in [6.07, 6.45) is 4.23. The second-order valence-electron chi connectivity index (χ2n) is 5.61. The Hall–Kier alpha value is -1.95. The van der Waals surface area contributed by atoms with Gasteiger partial charge in [-0.25, -0.2) is 0 Å². The van der Waals surface area contributed by atoms with E-state index in [4.69, 9.17) is 0 Å². The second kappa shape index (κ2) is 5.20. The standard InChI is InChI=1S/C14H18N4O2/c1-11-3-2-6-16(9-11)10-17-14-5-4-13(18(19)20)7-12(14)8-15-17/h4-5,7-8,11H,2-3,6,9-10H2,1H3. The van der Waals surface area contributed by atoms with Crippen molar-refractivity contribution in [3.8, 4) is 0 Å². The first-order valence-electron chi connectivity index (χ1n) is 6.96. The Morgan fingerprint density at radius 1 is 1.50 bits per heavy atom. The minimum atomic E-state index is -0.372. The Morgan fingerprint density at radius 2 is 2.35 bits per heavy atom. The summed E-state index contributed by atoms with van der Waals surface area (Å²) >= 11 is 0. The highest BCUT2D eigenvalue weighted by molar-refractivity contribution is 5.81. The smallest absolute Gasteiger partial charge is 0.270 e. The number of benzene rings is 1. The molecule has 0 saturated carbocycles. The van der Waals surface area contributed by atoms with Crippen molar-refractivity contribution < 1.29 is 4.92 Å². The van der Waals surface area contributed by atoms with E-state index >= 15 is 0 Å². The van der Waals surface area contributed by atoms with Gasteiger partial charge in [-0.2, -0.15) is 5.10 Å². The van der Waals surface area contributed by atoms with Gasteiger partial charge in [-0.05, 0) is 31.4 Å². The first-order chi connectivity index (χ1) is 9.63. The van der Waals surface area contributed by atoms with Crippen molar-refractivity contribution in [2.75, 3.05) is 13.1 Å². The van der Waals surface area contributed by atoms with Crippen LogP contribution in [-0.2, 0) is 6.67 Å². The molecule has 0 spiro atoms. The number of nitro benzene ring substituents is 1. The molecular formula is C14H18N4O2. The van der Waals surface area contributed by atoms with Crippen molar-refractivity contribution in [2.24, 2.45) is 5.92 Å². The third kappa shape index (κ3) is 2.51. The zero-order chi connectivity index (χ0) is 14.1. The van der Waals surface area contributed by atoms with Crippen molar-refractivity contribution in [3.05, 3.63) is 34.5 Å². The highest BCUT2D eigenvalue weighted by atomic mass is 16.6. The third-order valence-corrected chi connectivity index (χ3v) is 3.91. The lowest BCUT2D eigenvalue weighted by Crippen LogP contribution is -2.35. The topological polar surface area (TPSA) is 64.2 Å². The molecule has 1 atom stereocenters. The number of hydrogen-bond acceptors (Lipinski definition) is 4. The van der Waals surface area contributed by atoms with Crippen molar-refractivity contribution in [2.45, 2.75) is 26.4 Å². The number of non-ortho nitro benzene ring substituents is 1. The van der Waals surface area contributed by atoms with Gasteiger partial charge < -0.3 is 0 Å². The van der Waals surface area contributed by atoms with Gasteiger partial charge in [0.25, 0.3) is 5.69 Å². The van der Waals surface area contributed by atoms with E-state index in [9.17, 15) is 10.1 Å². The number of nitrogens with zero attached hydrogens (tertiary/aromatic N) is 4. The van der Waals surface area contributed by atoms with Crippen LogP contribution >= 0.6 is 0 Å². The third-order valence-electron chi connectivity index (χ3n) is 3.91. The Kier molecular flexibility index (Phi) is 3.40. The molecular weight excluding hydrogens is 256 g/mol.